The van der Waals surface area contributed by atoms with Gasteiger partial charge in [-0.3, -0.25) is 4.79 Å². The summed E-state index contributed by atoms with van der Waals surface area (Å²) in [4.78, 5) is 24.8. The van der Waals surface area contributed by atoms with Crippen LogP contribution in [0.4, 0.5) is 4.79 Å². The number of urea groups is 1. The van der Waals surface area contributed by atoms with Gasteiger partial charge in [-0.05, 0) is 13.8 Å². The van der Waals surface area contributed by atoms with Gasteiger partial charge in [-0.2, -0.15) is 11.8 Å². The van der Waals surface area contributed by atoms with Crippen molar-refractivity contribution in [1.82, 2.24) is 10.2 Å². The maximum atomic E-state index is 11.9. The molecule has 1 rings (SSSR count). The van der Waals surface area contributed by atoms with Gasteiger partial charge in [0.25, 0.3) is 0 Å². The Labute approximate surface area is 106 Å². The van der Waals surface area contributed by atoms with Gasteiger partial charge in [0, 0.05) is 23.6 Å². The number of rotatable bonds is 3. The molecular formula is C11H20N2O3S. The lowest BCUT2D eigenvalue weighted by Crippen LogP contribution is -2.52. The molecule has 1 aliphatic rings. The van der Waals surface area contributed by atoms with Crippen LogP contribution in [0.1, 0.15) is 20.8 Å². The fourth-order valence-corrected chi connectivity index (χ4v) is 2.78. The van der Waals surface area contributed by atoms with Crippen LogP contribution in [0.3, 0.4) is 0 Å². The monoisotopic (exact) mass is 260 g/mol. The summed E-state index contributed by atoms with van der Waals surface area (Å²) in [6.07, 6.45) is 0. The Hall–Kier alpha value is -0.910. The number of amides is 2. The second-order valence-electron chi connectivity index (χ2n) is 3.97. The first kappa shape index (κ1) is 14.2. The van der Waals surface area contributed by atoms with E-state index in [-0.39, 0.29) is 18.6 Å². The molecule has 0 aliphatic carbocycles. The van der Waals surface area contributed by atoms with Crippen LogP contribution in [0.2, 0.25) is 0 Å². The average Bonchev–Trinajstić information content (AvgIpc) is 2.30. The minimum Gasteiger partial charge on any atom is -0.465 e. The summed E-state index contributed by atoms with van der Waals surface area (Å²) in [5.41, 5.74) is 0. The summed E-state index contributed by atoms with van der Waals surface area (Å²) in [6.45, 7) is 6.89. The molecule has 1 saturated heterocycles. The SMILES string of the molecule is CCOC(=O)CNC(=O)N1CCSC(C)C1C. The van der Waals surface area contributed by atoms with Crippen LogP contribution in [0, 0.1) is 0 Å². The third-order valence-electron chi connectivity index (χ3n) is 2.83. The molecule has 1 aliphatic heterocycles. The molecule has 0 spiro atoms. The van der Waals surface area contributed by atoms with Crippen molar-refractivity contribution in [2.24, 2.45) is 0 Å². The van der Waals surface area contributed by atoms with Crippen molar-refractivity contribution in [3.63, 3.8) is 0 Å². The number of hydrogen-bond acceptors (Lipinski definition) is 4. The van der Waals surface area contributed by atoms with Gasteiger partial charge in [0.1, 0.15) is 6.54 Å². The Morgan fingerprint density at radius 3 is 2.82 bits per heavy atom. The molecule has 1 fully saturated rings. The number of nitrogens with zero attached hydrogens (tertiary/aromatic N) is 1. The summed E-state index contributed by atoms with van der Waals surface area (Å²) >= 11 is 1.87. The van der Waals surface area contributed by atoms with Crippen molar-refractivity contribution >= 4 is 23.8 Å². The fourth-order valence-electron chi connectivity index (χ4n) is 1.68. The molecule has 0 bridgehead atoms. The summed E-state index contributed by atoms with van der Waals surface area (Å²) in [5.74, 6) is 0.547. The largest absolute Gasteiger partial charge is 0.465 e. The van der Waals surface area contributed by atoms with Gasteiger partial charge in [0.05, 0.1) is 6.61 Å². The van der Waals surface area contributed by atoms with E-state index < -0.39 is 5.97 Å². The number of carbonyl (C=O) groups excluding carboxylic acids is 2. The molecule has 0 aromatic heterocycles. The quantitative estimate of drug-likeness (QED) is 0.772. The van der Waals surface area contributed by atoms with E-state index in [1.54, 1.807) is 11.8 Å². The summed E-state index contributed by atoms with van der Waals surface area (Å²) in [5, 5.41) is 3.02. The van der Waals surface area contributed by atoms with Crippen LogP contribution in [-0.2, 0) is 9.53 Å². The molecule has 2 unspecified atom stereocenters. The molecule has 0 aromatic rings. The van der Waals surface area contributed by atoms with E-state index in [1.807, 2.05) is 18.7 Å². The summed E-state index contributed by atoms with van der Waals surface area (Å²) in [6, 6.07) is 0.00801. The van der Waals surface area contributed by atoms with Crippen LogP contribution in [0.5, 0.6) is 0 Å². The lowest BCUT2D eigenvalue weighted by atomic mass is 10.2. The van der Waals surface area contributed by atoms with Crippen LogP contribution in [0.15, 0.2) is 0 Å². The van der Waals surface area contributed by atoms with Crippen molar-refractivity contribution in [1.29, 1.82) is 0 Å². The maximum absolute atomic E-state index is 11.9. The first-order chi connectivity index (χ1) is 8.06. The van der Waals surface area contributed by atoms with Gasteiger partial charge in [-0.25, -0.2) is 4.79 Å². The van der Waals surface area contributed by atoms with Gasteiger partial charge in [-0.1, -0.05) is 6.92 Å². The van der Waals surface area contributed by atoms with E-state index in [2.05, 4.69) is 12.2 Å². The summed E-state index contributed by atoms with van der Waals surface area (Å²) in [7, 11) is 0. The molecule has 0 aromatic carbocycles. The number of thioether (sulfide) groups is 1. The highest BCUT2D eigenvalue weighted by Gasteiger charge is 2.28. The minimum atomic E-state index is -0.395. The highest BCUT2D eigenvalue weighted by Crippen LogP contribution is 2.23. The lowest BCUT2D eigenvalue weighted by molar-refractivity contribution is -0.141. The predicted octanol–water partition coefficient (Wildman–Crippen LogP) is 1.08. The normalized spacial score (nSPS) is 24.3. The maximum Gasteiger partial charge on any atom is 0.325 e. The average molecular weight is 260 g/mol. The van der Waals surface area contributed by atoms with Gasteiger partial charge >= 0.3 is 12.0 Å². The van der Waals surface area contributed by atoms with Crippen LogP contribution in [0.25, 0.3) is 0 Å². The van der Waals surface area contributed by atoms with E-state index in [0.29, 0.717) is 11.9 Å². The lowest BCUT2D eigenvalue weighted by Gasteiger charge is -2.37. The Kier molecular flexibility index (Phi) is 5.61. The molecule has 17 heavy (non-hydrogen) atoms. The van der Waals surface area contributed by atoms with E-state index in [9.17, 15) is 9.59 Å². The molecular weight excluding hydrogens is 240 g/mol. The van der Waals surface area contributed by atoms with Crippen molar-refractivity contribution in [3.8, 4) is 0 Å². The highest BCUT2D eigenvalue weighted by atomic mass is 32.2. The third-order valence-corrected chi connectivity index (χ3v) is 4.17. The van der Waals surface area contributed by atoms with E-state index in [1.165, 1.54) is 0 Å². The number of esters is 1. The molecule has 2 amide bonds. The third kappa shape index (κ3) is 4.11. The Morgan fingerprint density at radius 1 is 1.47 bits per heavy atom. The van der Waals surface area contributed by atoms with E-state index >= 15 is 0 Å². The van der Waals surface area contributed by atoms with Crippen LogP contribution in [-0.4, -0.2) is 53.6 Å². The van der Waals surface area contributed by atoms with E-state index in [0.717, 1.165) is 12.3 Å². The molecule has 0 saturated carbocycles. The zero-order valence-electron chi connectivity index (χ0n) is 10.6. The second-order valence-corrected chi connectivity index (χ2v) is 5.46. The van der Waals surface area contributed by atoms with Crippen LogP contribution >= 0.6 is 11.8 Å². The number of nitrogens with one attached hydrogen (secondary N) is 1. The van der Waals surface area contributed by atoms with Crippen LogP contribution < -0.4 is 5.32 Å². The Balaban J connectivity index is 2.39. The number of carbonyl (C=O) groups is 2. The van der Waals surface area contributed by atoms with Gasteiger partial charge in [-0.15, -0.1) is 0 Å². The zero-order chi connectivity index (χ0) is 12.8. The molecule has 6 heteroatoms. The molecule has 0 radical (unpaired) electrons. The van der Waals surface area contributed by atoms with E-state index in [4.69, 9.17) is 4.74 Å². The number of hydrogen-bond donors (Lipinski definition) is 1. The number of ether oxygens (including phenoxy) is 1. The topological polar surface area (TPSA) is 58.6 Å². The summed E-state index contributed by atoms with van der Waals surface area (Å²) < 4.78 is 4.75. The van der Waals surface area contributed by atoms with Crippen molar-refractivity contribution in [2.75, 3.05) is 25.4 Å². The first-order valence-corrected chi connectivity index (χ1v) is 6.92. The minimum absolute atomic E-state index is 0.0581. The molecule has 1 N–H and O–H groups in total. The smallest absolute Gasteiger partial charge is 0.325 e. The zero-order valence-corrected chi connectivity index (χ0v) is 11.4. The van der Waals surface area contributed by atoms with Gasteiger partial charge in [0.15, 0.2) is 0 Å². The van der Waals surface area contributed by atoms with Gasteiger partial charge < -0.3 is 15.0 Å². The standard InChI is InChI=1S/C11H20N2O3S/c1-4-16-10(14)7-12-11(15)13-5-6-17-9(3)8(13)2/h8-9H,4-7H2,1-3H3,(H,12,15). The molecule has 2 atom stereocenters. The van der Waals surface area contributed by atoms with Crippen molar-refractivity contribution in [3.05, 3.63) is 0 Å². The van der Waals surface area contributed by atoms with Crippen molar-refractivity contribution < 1.29 is 14.3 Å². The Morgan fingerprint density at radius 2 is 2.18 bits per heavy atom. The fraction of sp³-hybridized carbons (Fsp3) is 0.818. The van der Waals surface area contributed by atoms with Gasteiger partial charge in [0.2, 0.25) is 0 Å². The molecule has 98 valence electrons. The Bertz CT molecular complexity index is 286. The predicted molar refractivity (Wildman–Crippen MR) is 68.1 cm³/mol. The highest BCUT2D eigenvalue weighted by molar-refractivity contribution is 8.00. The first-order valence-electron chi connectivity index (χ1n) is 5.88. The van der Waals surface area contributed by atoms with Crippen molar-refractivity contribution in [2.45, 2.75) is 32.1 Å². The molecule has 5 nitrogen and oxygen atoms in total. The second kappa shape index (κ2) is 6.74. The molecule has 1 heterocycles.